The Labute approximate surface area is 109 Å². The van der Waals surface area contributed by atoms with Crippen molar-refractivity contribution >= 4 is 0 Å². The van der Waals surface area contributed by atoms with E-state index in [1.54, 1.807) is 0 Å². The highest BCUT2D eigenvalue weighted by atomic mass is 15.0. The number of aromatic nitrogens is 2. The molecule has 1 heterocycles. The highest BCUT2D eigenvalue weighted by Crippen LogP contribution is 2.17. The first kappa shape index (κ1) is 12.8. The fraction of sp³-hybridized carbons (Fsp3) is 0.400. The standard InChI is InChI=1S/C15H21N3/c1-11(2)8-16-10-15-17-9-14(18-15)13-6-4-12(3)5-7-13/h4-7,9,11,16H,8,10H2,1-3H3,(H,17,18). The summed E-state index contributed by atoms with van der Waals surface area (Å²) in [5.41, 5.74) is 3.54. The van der Waals surface area contributed by atoms with Crippen LogP contribution in [0.15, 0.2) is 30.5 Å². The lowest BCUT2D eigenvalue weighted by molar-refractivity contribution is 0.545. The summed E-state index contributed by atoms with van der Waals surface area (Å²) in [5, 5.41) is 3.38. The fourth-order valence-corrected chi connectivity index (χ4v) is 1.81. The van der Waals surface area contributed by atoms with Crippen molar-refractivity contribution in [3.63, 3.8) is 0 Å². The molecule has 18 heavy (non-hydrogen) atoms. The lowest BCUT2D eigenvalue weighted by Crippen LogP contribution is -2.19. The number of nitrogens with one attached hydrogen (secondary N) is 2. The van der Waals surface area contributed by atoms with Gasteiger partial charge >= 0.3 is 0 Å². The van der Waals surface area contributed by atoms with E-state index in [-0.39, 0.29) is 0 Å². The van der Waals surface area contributed by atoms with Gasteiger partial charge in [-0.15, -0.1) is 0 Å². The topological polar surface area (TPSA) is 40.7 Å². The van der Waals surface area contributed by atoms with E-state index >= 15 is 0 Å². The SMILES string of the molecule is Cc1ccc(-c2cnc(CNCC(C)C)[nH]2)cc1. The predicted octanol–water partition coefficient (Wildman–Crippen LogP) is 3.13. The molecule has 0 radical (unpaired) electrons. The van der Waals surface area contributed by atoms with Crippen LogP contribution in [0, 0.1) is 12.8 Å². The molecule has 0 amide bonds. The molecule has 0 atom stereocenters. The zero-order valence-corrected chi connectivity index (χ0v) is 11.3. The van der Waals surface area contributed by atoms with Gasteiger partial charge in [0.25, 0.3) is 0 Å². The van der Waals surface area contributed by atoms with Gasteiger partial charge in [-0.2, -0.15) is 0 Å². The molecule has 96 valence electrons. The predicted molar refractivity (Wildman–Crippen MR) is 75.3 cm³/mol. The molecule has 0 saturated carbocycles. The number of rotatable bonds is 5. The van der Waals surface area contributed by atoms with E-state index in [9.17, 15) is 0 Å². The number of H-pyrrole nitrogens is 1. The molecule has 2 N–H and O–H groups in total. The molecule has 0 spiro atoms. The highest BCUT2D eigenvalue weighted by molar-refractivity contribution is 5.58. The quantitative estimate of drug-likeness (QED) is 0.847. The van der Waals surface area contributed by atoms with E-state index in [0.29, 0.717) is 5.92 Å². The number of benzene rings is 1. The first-order valence-corrected chi connectivity index (χ1v) is 6.47. The van der Waals surface area contributed by atoms with Gasteiger partial charge in [0.2, 0.25) is 0 Å². The monoisotopic (exact) mass is 243 g/mol. The third-order valence-electron chi connectivity index (χ3n) is 2.84. The van der Waals surface area contributed by atoms with Crippen LogP contribution in [-0.4, -0.2) is 16.5 Å². The minimum atomic E-state index is 0.663. The molecular formula is C15H21N3. The fourth-order valence-electron chi connectivity index (χ4n) is 1.81. The molecule has 0 aliphatic carbocycles. The summed E-state index contributed by atoms with van der Waals surface area (Å²) < 4.78 is 0. The van der Waals surface area contributed by atoms with Crippen LogP contribution in [0.1, 0.15) is 25.2 Å². The van der Waals surface area contributed by atoms with Crippen LogP contribution in [0.4, 0.5) is 0 Å². The zero-order chi connectivity index (χ0) is 13.0. The van der Waals surface area contributed by atoms with E-state index in [1.807, 2.05) is 6.20 Å². The number of imidazole rings is 1. The molecule has 1 aromatic carbocycles. The van der Waals surface area contributed by atoms with Gasteiger partial charge in [-0.3, -0.25) is 0 Å². The van der Waals surface area contributed by atoms with Gasteiger partial charge in [-0.25, -0.2) is 4.98 Å². The Balaban J connectivity index is 1.99. The van der Waals surface area contributed by atoms with Crippen LogP contribution >= 0.6 is 0 Å². The number of nitrogens with zero attached hydrogens (tertiary/aromatic N) is 1. The third kappa shape index (κ3) is 3.44. The molecule has 0 saturated heterocycles. The summed E-state index contributed by atoms with van der Waals surface area (Å²) in [6.45, 7) is 8.31. The Hall–Kier alpha value is -1.61. The van der Waals surface area contributed by atoms with Gasteiger partial charge in [0, 0.05) is 0 Å². The van der Waals surface area contributed by atoms with Crippen LogP contribution < -0.4 is 5.32 Å². The van der Waals surface area contributed by atoms with E-state index in [2.05, 4.69) is 60.3 Å². The van der Waals surface area contributed by atoms with Crippen LogP contribution in [0.25, 0.3) is 11.3 Å². The highest BCUT2D eigenvalue weighted by Gasteiger charge is 2.03. The molecular weight excluding hydrogens is 222 g/mol. The minimum absolute atomic E-state index is 0.663. The van der Waals surface area contributed by atoms with E-state index in [1.165, 1.54) is 11.1 Å². The van der Waals surface area contributed by atoms with Crippen molar-refractivity contribution in [3.8, 4) is 11.3 Å². The molecule has 0 unspecified atom stereocenters. The summed E-state index contributed by atoms with van der Waals surface area (Å²) in [5.74, 6) is 1.66. The lowest BCUT2D eigenvalue weighted by Gasteiger charge is -2.05. The van der Waals surface area contributed by atoms with Crippen molar-refractivity contribution < 1.29 is 0 Å². The van der Waals surface area contributed by atoms with Crippen molar-refractivity contribution in [1.29, 1.82) is 0 Å². The van der Waals surface area contributed by atoms with Crippen molar-refractivity contribution in [2.45, 2.75) is 27.3 Å². The number of hydrogen-bond donors (Lipinski definition) is 2. The van der Waals surface area contributed by atoms with Crippen molar-refractivity contribution in [2.75, 3.05) is 6.54 Å². The smallest absolute Gasteiger partial charge is 0.120 e. The van der Waals surface area contributed by atoms with Crippen molar-refractivity contribution in [1.82, 2.24) is 15.3 Å². The first-order chi connectivity index (χ1) is 8.65. The van der Waals surface area contributed by atoms with E-state index in [4.69, 9.17) is 0 Å². The summed E-state index contributed by atoms with van der Waals surface area (Å²) in [4.78, 5) is 7.74. The summed E-state index contributed by atoms with van der Waals surface area (Å²) in [6, 6.07) is 8.47. The van der Waals surface area contributed by atoms with Gasteiger partial charge in [-0.1, -0.05) is 43.7 Å². The molecule has 0 fully saturated rings. The van der Waals surface area contributed by atoms with E-state index in [0.717, 1.165) is 24.6 Å². The maximum Gasteiger partial charge on any atom is 0.120 e. The first-order valence-electron chi connectivity index (χ1n) is 6.47. The average molecular weight is 243 g/mol. The summed E-state index contributed by atoms with van der Waals surface area (Å²) in [6.07, 6.45) is 1.90. The summed E-state index contributed by atoms with van der Waals surface area (Å²) >= 11 is 0. The number of aryl methyl sites for hydroxylation is 1. The Kier molecular flexibility index (Phi) is 4.15. The second-order valence-corrected chi connectivity index (χ2v) is 5.13. The average Bonchev–Trinajstić information content (AvgIpc) is 2.78. The van der Waals surface area contributed by atoms with Gasteiger partial charge in [0.05, 0.1) is 18.4 Å². The van der Waals surface area contributed by atoms with Gasteiger partial charge in [0.1, 0.15) is 5.82 Å². The molecule has 0 aliphatic heterocycles. The Bertz CT molecular complexity index is 483. The Morgan fingerprint density at radius 3 is 2.61 bits per heavy atom. The van der Waals surface area contributed by atoms with Crippen LogP contribution in [0.2, 0.25) is 0 Å². The van der Waals surface area contributed by atoms with Crippen LogP contribution in [0.5, 0.6) is 0 Å². The third-order valence-corrected chi connectivity index (χ3v) is 2.84. The lowest BCUT2D eigenvalue weighted by atomic mass is 10.1. The maximum absolute atomic E-state index is 4.39. The summed E-state index contributed by atoms with van der Waals surface area (Å²) in [7, 11) is 0. The maximum atomic E-state index is 4.39. The molecule has 2 aromatic rings. The second-order valence-electron chi connectivity index (χ2n) is 5.13. The van der Waals surface area contributed by atoms with Crippen molar-refractivity contribution in [3.05, 3.63) is 41.9 Å². The molecule has 3 heteroatoms. The molecule has 2 rings (SSSR count). The van der Waals surface area contributed by atoms with Crippen LogP contribution in [0.3, 0.4) is 0 Å². The van der Waals surface area contributed by atoms with Gasteiger partial charge < -0.3 is 10.3 Å². The van der Waals surface area contributed by atoms with Crippen LogP contribution in [-0.2, 0) is 6.54 Å². The molecule has 3 nitrogen and oxygen atoms in total. The largest absolute Gasteiger partial charge is 0.341 e. The molecule has 0 bridgehead atoms. The Morgan fingerprint density at radius 1 is 1.22 bits per heavy atom. The van der Waals surface area contributed by atoms with E-state index < -0.39 is 0 Å². The zero-order valence-electron chi connectivity index (χ0n) is 11.3. The second kappa shape index (κ2) is 5.83. The minimum Gasteiger partial charge on any atom is -0.341 e. The molecule has 1 aromatic heterocycles. The van der Waals surface area contributed by atoms with Crippen molar-refractivity contribution in [2.24, 2.45) is 5.92 Å². The van der Waals surface area contributed by atoms with Gasteiger partial charge in [0.15, 0.2) is 0 Å². The Morgan fingerprint density at radius 2 is 1.94 bits per heavy atom. The normalized spacial score (nSPS) is 11.1. The number of hydrogen-bond acceptors (Lipinski definition) is 2. The van der Waals surface area contributed by atoms with Gasteiger partial charge in [-0.05, 0) is 24.9 Å². The number of aromatic amines is 1. The molecule has 0 aliphatic rings.